The summed E-state index contributed by atoms with van der Waals surface area (Å²) in [6.45, 7) is 1.67. The van der Waals surface area contributed by atoms with Crippen LogP contribution in [0.3, 0.4) is 0 Å². The first-order valence-electron chi connectivity index (χ1n) is 9.21. The Kier molecular flexibility index (Phi) is 7.19. The summed E-state index contributed by atoms with van der Waals surface area (Å²) in [4.78, 5) is 35.1. The van der Waals surface area contributed by atoms with Crippen molar-refractivity contribution in [2.75, 3.05) is 5.32 Å². The van der Waals surface area contributed by atoms with Crippen LogP contribution in [-0.4, -0.2) is 22.4 Å². The smallest absolute Gasteiger partial charge is 0.282 e. The lowest BCUT2D eigenvalue weighted by molar-refractivity contribution is -0.385. The number of hydrogen-bond donors (Lipinski definition) is 2. The summed E-state index contributed by atoms with van der Waals surface area (Å²) >= 11 is 11.9. The van der Waals surface area contributed by atoms with Gasteiger partial charge in [0, 0.05) is 16.8 Å². The van der Waals surface area contributed by atoms with Crippen LogP contribution in [0.15, 0.2) is 71.8 Å². The van der Waals surface area contributed by atoms with Crippen LogP contribution in [0.4, 0.5) is 11.4 Å². The van der Waals surface area contributed by atoms with Crippen LogP contribution >= 0.6 is 23.2 Å². The molecule has 3 aromatic rings. The van der Waals surface area contributed by atoms with Gasteiger partial charge in [-0.1, -0.05) is 47.5 Å². The van der Waals surface area contributed by atoms with E-state index in [-0.39, 0.29) is 27.7 Å². The SMILES string of the molecule is CC(=NNC(=O)c1ccccc1[N+](=O)[O-])c1ccc(NC(=O)c2ccc(Cl)cc2Cl)cc1. The number of carbonyl (C=O) groups is 2. The van der Waals surface area contributed by atoms with Crippen molar-refractivity contribution in [3.63, 3.8) is 0 Å². The largest absolute Gasteiger partial charge is 0.322 e. The highest BCUT2D eigenvalue weighted by Gasteiger charge is 2.18. The molecule has 0 unspecified atom stereocenters. The molecular weight excluding hydrogens is 455 g/mol. The van der Waals surface area contributed by atoms with Gasteiger partial charge in [0.25, 0.3) is 17.5 Å². The first-order valence-corrected chi connectivity index (χ1v) is 9.96. The molecule has 0 saturated heterocycles. The molecule has 0 radical (unpaired) electrons. The van der Waals surface area contributed by atoms with Gasteiger partial charge in [0.15, 0.2) is 0 Å². The maximum absolute atomic E-state index is 12.4. The Bertz CT molecular complexity index is 1230. The van der Waals surface area contributed by atoms with Crippen LogP contribution in [0.25, 0.3) is 0 Å². The summed E-state index contributed by atoms with van der Waals surface area (Å²) in [6.07, 6.45) is 0. The highest BCUT2D eigenvalue weighted by atomic mass is 35.5. The molecule has 3 rings (SSSR count). The number of nitrogens with one attached hydrogen (secondary N) is 2. The summed E-state index contributed by atoms with van der Waals surface area (Å²) < 4.78 is 0. The quantitative estimate of drug-likeness (QED) is 0.288. The van der Waals surface area contributed by atoms with Crippen LogP contribution in [0, 0.1) is 10.1 Å². The van der Waals surface area contributed by atoms with Crippen LogP contribution in [0.1, 0.15) is 33.2 Å². The fourth-order valence-electron chi connectivity index (χ4n) is 2.75. The summed E-state index contributed by atoms with van der Waals surface area (Å²) in [5.41, 5.74) is 3.89. The normalized spacial score (nSPS) is 11.0. The summed E-state index contributed by atoms with van der Waals surface area (Å²) in [6, 6.07) is 16.9. The van der Waals surface area contributed by atoms with Crippen molar-refractivity contribution >= 4 is 52.1 Å². The Hall–Kier alpha value is -3.75. The third-order valence-electron chi connectivity index (χ3n) is 4.41. The van der Waals surface area contributed by atoms with Crippen molar-refractivity contribution < 1.29 is 14.5 Å². The molecule has 2 N–H and O–H groups in total. The van der Waals surface area contributed by atoms with Crippen molar-refractivity contribution in [1.29, 1.82) is 0 Å². The Morgan fingerprint density at radius 3 is 2.28 bits per heavy atom. The zero-order valence-corrected chi connectivity index (χ0v) is 18.1. The van der Waals surface area contributed by atoms with Gasteiger partial charge in [0.1, 0.15) is 5.56 Å². The summed E-state index contributed by atoms with van der Waals surface area (Å²) in [7, 11) is 0. The number of hydrazone groups is 1. The fourth-order valence-corrected chi connectivity index (χ4v) is 3.25. The van der Waals surface area contributed by atoms with Crippen molar-refractivity contribution in [3.8, 4) is 0 Å². The summed E-state index contributed by atoms with van der Waals surface area (Å²) in [5, 5.41) is 18.5. The molecule has 10 heteroatoms. The molecule has 162 valence electrons. The molecule has 32 heavy (non-hydrogen) atoms. The second-order valence-corrected chi connectivity index (χ2v) is 7.41. The van der Waals surface area contributed by atoms with E-state index in [2.05, 4.69) is 15.8 Å². The van der Waals surface area contributed by atoms with E-state index in [1.54, 1.807) is 37.3 Å². The number of carbonyl (C=O) groups excluding carboxylic acids is 2. The Labute approximate surface area is 193 Å². The van der Waals surface area contributed by atoms with Crippen LogP contribution < -0.4 is 10.7 Å². The molecule has 8 nitrogen and oxygen atoms in total. The second-order valence-electron chi connectivity index (χ2n) is 6.57. The van der Waals surface area contributed by atoms with Gasteiger partial charge in [0.2, 0.25) is 0 Å². The van der Waals surface area contributed by atoms with Crippen molar-refractivity contribution in [1.82, 2.24) is 5.43 Å². The number of para-hydroxylation sites is 1. The number of nitro benzene ring substituents is 1. The van der Waals surface area contributed by atoms with Gasteiger partial charge in [-0.3, -0.25) is 19.7 Å². The van der Waals surface area contributed by atoms with E-state index < -0.39 is 10.8 Å². The zero-order chi connectivity index (χ0) is 23.3. The third-order valence-corrected chi connectivity index (χ3v) is 4.95. The maximum atomic E-state index is 12.4. The van der Waals surface area contributed by atoms with Gasteiger partial charge < -0.3 is 5.32 Å². The number of amides is 2. The molecular formula is C22H16Cl2N4O4. The Morgan fingerprint density at radius 2 is 1.62 bits per heavy atom. The monoisotopic (exact) mass is 470 g/mol. The average Bonchev–Trinajstić information content (AvgIpc) is 2.77. The number of rotatable bonds is 6. The fraction of sp³-hybridized carbons (Fsp3) is 0.0455. The van der Waals surface area contributed by atoms with Gasteiger partial charge in [-0.15, -0.1) is 0 Å². The Morgan fingerprint density at radius 1 is 0.938 bits per heavy atom. The lowest BCUT2D eigenvalue weighted by atomic mass is 10.1. The number of hydrogen-bond acceptors (Lipinski definition) is 5. The number of anilines is 1. The molecule has 0 fully saturated rings. The van der Waals surface area contributed by atoms with E-state index in [4.69, 9.17) is 23.2 Å². The molecule has 2 amide bonds. The van der Waals surface area contributed by atoms with Crippen LogP contribution in [-0.2, 0) is 0 Å². The van der Waals surface area contributed by atoms with Crippen molar-refractivity contribution in [2.45, 2.75) is 6.92 Å². The van der Waals surface area contributed by atoms with Gasteiger partial charge in [-0.2, -0.15) is 5.10 Å². The predicted octanol–water partition coefficient (Wildman–Crippen LogP) is 5.31. The molecule has 0 saturated carbocycles. The molecule has 3 aromatic carbocycles. The van der Waals surface area contributed by atoms with Crippen LogP contribution in [0.5, 0.6) is 0 Å². The first kappa shape index (κ1) is 22.9. The lowest BCUT2D eigenvalue weighted by Crippen LogP contribution is -2.20. The highest BCUT2D eigenvalue weighted by Crippen LogP contribution is 2.22. The van der Waals surface area contributed by atoms with E-state index in [1.165, 1.54) is 36.4 Å². The molecule has 0 aromatic heterocycles. The maximum Gasteiger partial charge on any atom is 0.282 e. The molecule has 0 atom stereocenters. The van der Waals surface area contributed by atoms with Gasteiger partial charge in [-0.25, -0.2) is 5.43 Å². The highest BCUT2D eigenvalue weighted by molar-refractivity contribution is 6.37. The lowest BCUT2D eigenvalue weighted by Gasteiger charge is -2.08. The second kappa shape index (κ2) is 10.0. The minimum absolute atomic E-state index is 0.0898. The van der Waals surface area contributed by atoms with E-state index in [1.807, 2.05) is 0 Å². The van der Waals surface area contributed by atoms with Gasteiger partial charge >= 0.3 is 0 Å². The number of benzene rings is 3. The molecule has 0 bridgehead atoms. The van der Waals surface area contributed by atoms with E-state index in [9.17, 15) is 19.7 Å². The predicted molar refractivity (Wildman–Crippen MR) is 124 cm³/mol. The standard InChI is InChI=1S/C22H16Cl2N4O4/c1-13(26-27-22(30)18-4-2-3-5-20(18)28(31)32)14-6-9-16(10-7-14)25-21(29)17-11-8-15(23)12-19(17)24/h2-12H,1H3,(H,25,29)(H,27,30). The Balaban J connectivity index is 1.67. The molecule has 0 spiro atoms. The average molecular weight is 471 g/mol. The minimum Gasteiger partial charge on any atom is -0.322 e. The number of nitro groups is 1. The number of nitrogens with zero attached hydrogens (tertiary/aromatic N) is 2. The summed E-state index contributed by atoms with van der Waals surface area (Å²) in [5.74, 6) is -1.08. The molecule has 0 aliphatic rings. The van der Waals surface area contributed by atoms with E-state index >= 15 is 0 Å². The molecule has 0 aliphatic heterocycles. The molecule has 0 aliphatic carbocycles. The zero-order valence-electron chi connectivity index (χ0n) is 16.6. The van der Waals surface area contributed by atoms with Crippen LogP contribution in [0.2, 0.25) is 10.0 Å². The number of halogens is 2. The van der Waals surface area contributed by atoms with Gasteiger partial charge in [0.05, 0.1) is 21.2 Å². The minimum atomic E-state index is -0.694. The van der Waals surface area contributed by atoms with Crippen molar-refractivity contribution in [3.05, 3.63) is 104 Å². The topological polar surface area (TPSA) is 114 Å². The van der Waals surface area contributed by atoms with E-state index in [0.29, 0.717) is 22.0 Å². The molecule has 0 heterocycles. The van der Waals surface area contributed by atoms with Crippen molar-refractivity contribution in [2.24, 2.45) is 5.10 Å². The third kappa shape index (κ3) is 5.48. The van der Waals surface area contributed by atoms with E-state index in [0.717, 1.165) is 0 Å². The van der Waals surface area contributed by atoms with Gasteiger partial charge in [-0.05, 0) is 48.9 Å². The first-order chi connectivity index (χ1) is 15.3.